The van der Waals surface area contributed by atoms with Crippen LogP contribution in [0.25, 0.3) is 0 Å². The highest BCUT2D eigenvalue weighted by Gasteiger charge is 2.11. The van der Waals surface area contributed by atoms with Gasteiger partial charge < -0.3 is 10.2 Å². The summed E-state index contributed by atoms with van der Waals surface area (Å²) in [4.78, 5) is 25.0. The van der Waals surface area contributed by atoms with E-state index in [0.29, 0.717) is 12.1 Å². The van der Waals surface area contributed by atoms with Crippen molar-refractivity contribution >= 4 is 28.8 Å². The van der Waals surface area contributed by atoms with Crippen LogP contribution in [-0.4, -0.2) is 23.8 Å². The molecule has 0 unspecified atom stereocenters. The van der Waals surface area contributed by atoms with Gasteiger partial charge in [-0.3, -0.25) is 9.59 Å². The summed E-state index contributed by atoms with van der Waals surface area (Å²) in [5.41, 5.74) is 2.29. The van der Waals surface area contributed by atoms with E-state index in [0.717, 1.165) is 11.3 Å². The quantitative estimate of drug-likeness (QED) is 0.940. The van der Waals surface area contributed by atoms with Gasteiger partial charge in [0.15, 0.2) is 0 Å². The Kier molecular flexibility index (Phi) is 4.53. The predicted molar refractivity (Wildman–Crippen MR) is 80.9 cm³/mol. The van der Waals surface area contributed by atoms with Crippen molar-refractivity contribution in [2.45, 2.75) is 13.5 Å². The number of nitrogens with zero attached hydrogens (tertiary/aromatic N) is 1. The Morgan fingerprint density at radius 2 is 2.00 bits per heavy atom. The lowest BCUT2D eigenvalue weighted by atomic mass is 10.1. The van der Waals surface area contributed by atoms with Crippen LogP contribution in [0.1, 0.15) is 22.8 Å². The molecule has 0 aliphatic heterocycles. The van der Waals surface area contributed by atoms with Crippen molar-refractivity contribution in [3.8, 4) is 0 Å². The molecule has 1 N–H and O–H groups in total. The molecular weight excluding hydrogens is 272 g/mol. The van der Waals surface area contributed by atoms with Crippen LogP contribution in [0.4, 0.5) is 5.69 Å². The van der Waals surface area contributed by atoms with Crippen molar-refractivity contribution in [1.29, 1.82) is 0 Å². The highest BCUT2D eigenvalue weighted by molar-refractivity contribution is 7.08. The second kappa shape index (κ2) is 6.34. The summed E-state index contributed by atoms with van der Waals surface area (Å²) in [6.45, 7) is 1.99. The minimum Gasteiger partial charge on any atom is -0.342 e. The fraction of sp³-hybridized carbons (Fsp3) is 0.200. The molecule has 1 aromatic heterocycles. The Balaban J connectivity index is 2.16. The van der Waals surface area contributed by atoms with E-state index in [1.54, 1.807) is 23.4 Å². The van der Waals surface area contributed by atoms with Gasteiger partial charge in [-0.2, -0.15) is 11.3 Å². The predicted octanol–water partition coefficient (Wildman–Crippen LogP) is 2.98. The molecule has 1 heterocycles. The lowest BCUT2D eigenvalue weighted by Crippen LogP contribution is -2.24. The van der Waals surface area contributed by atoms with Crippen LogP contribution in [0.5, 0.6) is 0 Å². The molecule has 0 saturated heterocycles. The maximum atomic E-state index is 12.1. The molecule has 1 aromatic carbocycles. The largest absolute Gasteiger partial charge is 0.342 e. The van der Waals surface area contributed by atoms with Gasteiger partial charge in [-0.25, -0.2) is 0 Å². The monoisotopic (exact) mass is 288 g/mol. The van der Waals surface area contributed by atoms with Crippen molar-refractivity contribution in [3.63, 3.8) is 0 Å². The van der Waals surface area contributed by atoms with Crippen molar-refractivity contribution < 1.29 is 9.59 Å². The van der Waals surface area contributed by atoms with Gasteiger partial charge in [0.05, 0.1) is 5.56 Å². The van der Waals surface area contributed by atoms with Gasteiger partial charge in [-0.1, -0.05) is 18.2 Å². The maximum Gasteiger partial charge on any atom is 0.256 e. The number of para-hydroxylation sites is 1. The van der Waals surface area contributed by atoms with Gasteiger partial charge in [0, 0.05) is 31.6 Å². The summed E-state index contributed by atoms with van der Waals surface area (Å²) in [6, 6.07) is 9.28. The van der Waals surface area contributed by atoms with Gasteiger partial charge in [0.1, 0.15) is 0 Å². The summed E-state index contributed by atoms with van der Waals surface area (Å²) < 4.78 is 0. The smallest absolute Gasteiger partial charge is 0.256 e. The first-order valence-corrected chi connectivity index (χ1v) is 7.15. The summed E-state index contributed by atoms with van der Waals surface area (Å²) in [5, 5.41) is 6.56. The first kappa shape index (κ1) is 14.3. The minimum absolute atomic E-state index is 0.0102. The summed E-state index contributed by atoms with van der Waals surface area (Å²) >= 11 is 1.48. The van der Waals surface area contributed by atoms with Crippen LogP contribution in [-0.2, 0) is 11.3 Å². The second-order valence-electron chi connectivity index (χ2n) is 4.50. The first-order chi connectivity index (χ1) is 9.58. The third-order valence-corrected chi connectivity index (χ3v) is 3.68. The zero-order valence-electron chi connectivity index (χ0n) is 11.4. The first-order valence-electron chi connectivity index (χ1n) is 6.21. The molecule has 0 radical (unpaired) electrons. The number of carbonyl (C=O) groups excluding carboxylic acids is 2. The van der Waals surface area contributed by atoms with Crippen molar-refractivity contribution in [2.24, 2.45) is 0 Å². The third kappa shape index (κ3) is 3.45. The molecule has 0 aliphatic rings. The number of hydrogen-bond donors (Lipinski definition) is 1. The zero-order valence-corrected chi connectivity index (χ0v) is 12.2. The van der Waals surface area contributed by atoms with Crippen LogP contribution < -0.4 is 5.32 Å². The number of nitrogens with one attached hydrogen (secondary N) is 1. The summed E-state index contributed by atoms with van der Waals surface area (Å²) in [5.74, 6) is -0.145. The Labute approximate surface area is 122 Å². The van der Waals surface area contributed by atoms with Gasteiger partial charge >= 0.3 is 0 Å². The van der Waals surface area contributed by atoms with Crippen LogP contribution in [0.2, 0.25) is 0 Å². The molecule has 0 spiro atoms. The fourth-order valence-electron chi connectivity index (χ4n) is 1.74. The average molecular weight is 288 g/mol. The number of hydrogen-bond acceptors (Lipinski definition) is 3. The molecule has 2 aromatic rings. The molecular formula is C15H16N2O2S. The van der Waals surface area contributed by atoms with Crippen LogP contribution >= 0.6 is 11.3 Å². The number of benzene rings is 1. The standard InChI is InChI=1S/C15H16N2O2S/c1-11(18)17(2)9-12-5-3-4-6-14(12)16-15(19)13-7-8-20-10-13/h3-8,10H,9H2,1-2H3,(H,16,19). The number of anilines is 1. The van der Waals surface area contributed by atoms with E-state index in [4.69, 9.17) is 0 Å². The summed E-state index contributed by atoms with van der Waals surface area (Å²) in [6.07, 6.45) is 0. The lowest BCUT2D eigenvalue weighted by molar-refractivity contribution is -0.128. The number of thiophene rings is 1. The normalized spacial score (nSPS) is 10.1. The van der Waals surface area contributed by atoms with E-state index in [-0.39, 0.29) is 11.8 Å². The van der Waals surface area contributed by atoms with E-state index in [9.17, 15) is 9.59 Å². The Bertz CT molecular complexity index is 608. The van der Waals surface area contributed by atoms with Crippen molar-refractivity contribution in [1.82, 2.24) is 4.90 Å². The van der Waals surface area contributed by atoms with Crippen molar-refractivity contribution in [3.05, 3.63) is 52.2 Å². The van der Waals surface area contributed by atoms with E-state index >= 15 is 0 Å². The minimum atomic E-state index is -0.135. The third-order valence-electron chi connectivity index (χ3n) is 2.99. The molecule has 0 atom stereocenters. The molecule has 20 heavy (non-hydrogen) atoms. The maximum absolute atomic E-state index is 12.1. The topological polar surface area (TPSA) is 49.4 Å². The molecule has 2 amide bonds. The molecule has 2 rings (SSSR count). The number of amides is 2. The number of carbonyl (C=O) groups is 2. The van der Waals surface area contributed by atoms with E-state index in [1.807, 2.05) is 29.6 Å². The average Bonchev–Trinajstić information content (AvgIpc) is 2.94. The zero-order chi connectivity index (χ0) is 14.5. The van der Waals surface area contributed by atoms with Crippen LogP contribution in [0.15, 0.2) is 41.1 Å². The Hall–Kier alpha value is -2.14. The molecule has 4 nitrogen and oxygen atoms in total. The molecule has 5 heteroatoms. The molecule has 0 aliphatic carbocycles. The SMILES string of the molecule is CC(=O)N(C)Cc1ccccc1NC(=O)c1ccsc1. The fourth-order valence-corrected chi connectivity index (χ4v) is 2.37. The van der Waals surface area contributed by atoms with Gasteiger partial charge in [-0.05, 0) is 23.1 Å². The van der Waals surface area contributed by atoms with Crippen LogP contribution in [0, 0.1) is 0 Å². The Morgan fingerprint density at radius 3 is 2.65 bits per heavy atom. The molecule has 104 valence electrons. The van der Waals surface area contributed by atoms with E-state index < -0.39 is 0 Å². The lowest BCUT2D eigenvalue weighted by Gasteiger charge is -2.17. The van der Waals surface area contributed by atoms with Gasteiger partial charge in [-0.15, -0.1) is 0 Å². The molecule has 0 saturated carbocycles. The van der Waals surface area contributed by atoms with E-state index in [1.165, 1.54) is 18.3 Å². The second-order valence-corrected chi connectivity index (χ2v) is 5.28. The van der Waals surface area contributed by atoms with E-state index in [2.05, 4.69) is 5.32 Å². The Morgan fingerprint density at radius 1 is 1.25 bits per heavy atom. The molecule has 0 fully saturated rings. The van der Waals surface area contributed by atoms with Gasteiger partial charge in [0.25, 0.3) is 5.91 Å². The highest BCUT2D eigenvalue weighted by Crippen LogP contribution is 2.18. The number of rotatable bonds is 4. The van der Waals surface area contributed by atoms with Gasteiger partial charge in [0.2, 0.25) is 5.91 Å². The van der Waals surface area contributed by atoms with Crippen LogP contribution in [0.3, 0.4) is 0 Å². The summed E-state index contributed by atoms with van der Waals surface area (Å²) in [7, 11) is 1.74. The molecule has 0 bridgehead atoms. The van der Waals surface area contributed by atoms with Crippen molar-refractivity contribution in [2.75, 3.05) is 12.4 Å². The highest BCUT2D eigenvalue weighted by atomic mass is 32.1.